The van der Waals surface area contributed by atoms with Crippen LogP contribution in [-0.2, 0) is 4.74 Å². The zero-order valence-corrected chi connectivity index (χ0v) is 9.44. The predicted octanol–water partition coefficient (Wildman–Crippen LogP) is 2.35. The number of nitrogens with zero attached hydrogens (tertiary/aromatic N) is 1. The van der Waals surface area contributed by atoms with Crippen molar-refractivity contribution >= 4 is 5.69 Å². The monoisotopic (exact) mass is 204 g/mol. The second kappa shape index (κ2) is 4.67. The summed E-state index contributed by atoms with van der Waals surface area (Å²) in [7, 11) is 0. The maximum atomic E-state index is 5.54. The second-order valence-electron chi connectivity index (χ2n) is 4.33. The first kappa shape index (κ1) is 10.5. The molecule has 0 unspecified atom stereocenters. The third kappa shape index (κ3) is 2.32. The molecule has 1 aromatic carbocycles. The number of rotatable bonds is 2. The van der Waals surface area contributed by atoms with E-state index in [1.54, 1.807) is 0 Å². The minimum Gasteiger partial charge on any atom is -0.377 e. The van der Waals surface area contributed by atoms with Gasteiger partial charge in [0.05, 0.1) is 19.3 Å². The van der Waals surface area contributed by atoms with Crippen LogP contribution in [0.25, 0.3) is 0 Å². The molecule has 0 spiro atoms. The van der Waals surface area contributed by atoms with Gasteiger partial charge in [-0.2, -0.15) is 0 Å². The van der Waals surface area contributed by atoms with Gasteiger partial charge < -0.3 is 9.64 Å². The van der Waals surface area contributed by atoms with Crippen molar-refractivity contribution in [2.75, 3.05) is 24.7 Å². The fourth-order valence-corrected chi connectivity index (χ4v) is 2.04. The molecule has 2 rings (SSSR count). The number of para-hydroxylation sites is 1. The Bertz CT molecular complexity index is 297. The van der Waals surface area contributed by atoms with Crippen LogP contribution in [0.3, 0.4) is 0 Å². The largest absolute Gasteiger partial charge is 0.377 e. The van der Waals surface area contributed by atoms with Gasteiger partial charge >= 0.3 is 0 Å². The van der Waals surface area contributed by atoms with Crippen LogP contribution in [0.4, 0.5) is 5.69 Å². The normalized spacial score (nSPS) is 22.1. The highest BCUT2D eigenvalue weighted by molar-refractivity contribution is 5.46. The minimum absolute atomic E-state index is 0.484. The molecule has 1 atom stereocenters. The number of ether oxygens (including phenoxy) is 1. The molecular formula is C13H18NO. The van der Waals surface area contributed by atoms with Gasteiger partial charge in [-0.3, -0.25) is 0 Å². The molecule has 1 fully saturated rings. The molecule has 81 valence electrons. The summed E-state index contributed by atoms with van der Waals surface area (Å²) in [4.78, 5) is 2.41. The third-order valence-corrected chi connectivity index (χ3v) is 2.94. The van der Waals surface area contributed by atoms with Gasteiger partial charge in [0.2, 0.25) is 0 Å². The van der Waals surface area contributed by atoms with E-state index in [1.165, 1.54) is 5.69 Å². The third-order valence-electron chi connectivity index (χ3n) is 2.94. The van der Waals surface area contributed by atoms with E-state index < -0.39 is 0 Å². The SMILES string of the molecule is CC(C)[C@H]1COCCN1c1[c]cccc1. The topological polar surface area (TPSA) is 12.5 Å². The molecule has 1 radical (unpaired) electrons. The summed E-state index contributed by atoms with van der Waals surface area (Å²) in [6, 6.07) is 12.0. The molecule has 2 nitrogen and oxygen atoms in total. The van der Waals surface area contributed by atoms with Crippen molar-refractivity contribution < 1.29 is 4.74 Å². The Balaban J connectivity index is 2.18. The average Bonchev–Trinajstić information content (AvgIpc) is 2.30. The molecule has 0 bridgehead atoms. The van der Waals surface area contributed by atoms with Crippen LogP contribution >= 0.6 is 0 Å². The number of hydrogen-bond acceptors (Lipinski definition) is 2. The second-order valence-corrected chi connectivity index (χ2v) is 4.33. The van der Waals surface area contributed by atoms with Gasteiger partial charge in [-0.25, -0.2) is 0 Å². The lowest BCUT2D eigenvalue weighted by molar-refractivity contribution is 0.0806. The molecule has 1 heterocycles. The molecular weight excluding hydrogens is 186 g/mol. The first-order chi connectivity index (χ1) is 7.29. The Morgan fingerprint density at radius 1 is 1.47 bits per heavy atom. The molecule has 15 heavy (non-hydrogen) atoms. The Morgan fingerprint density at radius 3 is 3.00 bits per heavy atom. The van der Waals surface area contributed by atoms with Crippen LogP contribution in [0.2, 0.25) is 0 Å². The van der Waals surface area contributed by atoms with Gasteiger partial charge in [-0.05, 0) is 12.0 Å². The van der Waals surface area contributed by atoms with E-state index in [0.29, 0.717) is 12.0 Å². The van der Waals surface area contributed by atoms with Crippen molar-refractivity contribution in [3.63, 3.8) is 0 Å². The van der Waals surface area contributed by atoms with Crippen molar-refractivity contribution in [2.45, 2.75) is 19.9 Å². The van der Waals surface area contributed by atoms with E-state index >= 15 is 0 Å². The van der Waals surface area contributed by atoms with E-state index in [9.17, 15) is 0 Å². The summed E-state index contributed by atoms with van der Waals surface area (Å²) in [6.07, 6.45) is 0. The molecule has 0 saturated carbocycles. The van der Waals surface area contributed by atoms with Crippen molar-refractivity contribution in [3.05, 3.63) is 30.3 Å². The summed E-state index contributed by atoms with van der Waals surface area (Å²) < 4.78 is 5.54. The van der Waals surface area contributed by atoms with Crippen LogP contribution in [0.15, 0.2) is 24.3 Å². The Kier molecular flexibility index (Phi) is 3.27. The van der Waals surface area contributed by atoms with Gasteiger partial charge in [0.15, 0.2) is 0 Å². The number of hydrogen-bond donors (Lipinski definition) is 0. The molecule has 0 aliphatic carbocycles. The minimum atomic E-state index is 0.484. The zero-order valence-electron chi connectivity index (χ0n) is 9.44. The van der Waals surface area contributed by atoms with E-state index in [4.69, 9.17) is 4.74 Å². The highest BCUT2D eigenvalue weighted by atomic mass is 16.5. The van der Waals surface area contributed by atoms with Gasteiger partial charge in [0.25, 0.3) is 0 Å². The standard InChI is InChI=1S/C13H18NO/c1-11(2)13-10-15-9-8-14(13)12-6-4-3-5-7-12/h3-6,11,13H,8-10H2,1-2H3/t13-/m1/s1. The Morgan fingerprint density at radius 2 is 2.33 bits per heavy atom. The molecule has 1 aliphatic rings. The van der Waals surface area contributed by atoms with Crippen molar-refractivity contribution in [2.24, 2.45) is 5.92 Å². The smallest absolute Gasteiger partial charge is 0.0673 e. The van der Waals surface area contributed by atoms with Crippen molar-refractivity contribution in [3.8, 4) is 0 Å². The summed E-state index contributed by atoms with van der Waals surface area (Å²) >= 11 is 0. The Hall–Kier alpha value is -1.02. The zero-order chi connectivity index (χ0) is 10.7. The average molecular weight is 204 g/mol. The fourth-order valence-electron chi connectivity index (χ4n) is 2.04. The Labute approximate surface area is 91.9 Å². The van der Waals surface area contributed by atoms with Gasteiger partial charge in [0, 0.05) is 18.3 Å². The van der Waals surface area contributed by atoms with Crippen LogP contribution in [0.5, 0.6) is 0 Å². The highest BCUT2D eigenvalue weighted by Gasteiger charge is 2.25. The summed E-state index contributed by atoms with van der Waals surface area (Å²) in [6.45, 7) is 7.13. The van der Waals surface area contributed by atoms with E-state index in [1.807, 2.05) is 12.1 Å². The van der Waals surface area contributed by atoms with Crippen LogP contribution in [0.1, 0.15) is 13.8 Å². The molecule has 1 aromatic rings. The van der Waals surface area contributed by atoms with Gasteiger partial charge in [0.1, 0.15) is 0 Å². The quantitative estimate of drug-likeness (QED) is 0.733. The first-order valence-corrected chi connectivity index (χ1v) is 5.60. The predicted molar refractivity (Wildman–Crippen MR) is 62.1 cm³/mol. The lowest BCUT2D eigenvalue weighted by Crippen LogP contribution is -2.48. The summed E-state index contributed by atoms with van der Waals surface area (Å²) in [5, 5.41) is 0. The van der Waals surface area contributed by atoms with Crippen LogP contribution < -0.4 is 4.90 Å². The molecule has 0 aromatic heterocycles. The molecule has 2 heteroatoms. The highest BCUT2D eigenvalue weighted by Crippen LogP contribution is 2.22. The number of anilines is 1. The van der Waals surface area contributed by atoms with Crippen LogP contribution in [-0.4, -0.2) is 25.8 Å². The van der Waals surface area contributed by atoms with E-state index in [0.717, 1.165) is 19.8 Å². The van der Waals surface area contributed by atoms with Gasteiger partial charge in [-0.15, -0.1) is 0 Å². The molecule has 1 aliphatic heterocycles. The van der Waals surface area contributed by atoms with E-state index in [-0.39, 0.29) is 0 Å². The number of morpholine rings is 1. The summed E-state index contributed by atoms with van der Waals surface area (Å²) in [5.74, 6) is 0.610. The molecule has 0 amide bonds. The van der Waals surface area contributed by atoms with Crippen LogP contribution in [0, 0.1) is 12.0 Å². The summed E-state index contributed by atoms with van der Waals surface area (Å²) in [5.41, 5.74) is 1.19. The maximum absolute atomic E-state index is 5.54. The molecule has 0 N–H and O–H groups in total. The lowest BCUT2D eigenvalue weighted by Gasteiger charge is -2.39. The molecule has 1 saturated heterocycles. The van der Waals surface area contributed by atoms with Gasteiger partial charge in [-0.1, -0.05) is 32.0 Å². The number of benzene rings is 1. The van der Waals surface area contributed by atoms with Crippen molar-refractivity contribution in [1.82, 2.24) is 0 Å². The van der Waals surface area contributed by atoms with Crippen molar-refractivity contribution in [1.29, 1.82) is 0 Å². The lowest BCUT2D eigenvalue weighted by atomic mass is 10.0. The first-order valence-electron chi connectivity index (χ1n) is 5.60. The fraction of sp³-hybridized carbons (Fsp3) is 0.538. The maximum Gasteiger partial charge on any atom is 0.0673 e. The van der Waals surface area contributed by atoms with E-state index in [2.05, 4.69) is 36.9 Å².